The molecular formula is C24H20N4O5. The summed E-state index contributed by atoms with van der Waals surface area (Å²) in [6.45, 7) is 0.0277. The fraction of sp³-hybridized carbons (Fsp3) is 0.167. The number of nitrogens with zero attached hydrogens (tertiary/aromatic N) is 1. The lowest BCUT2D eigenvalue weighted by molar-refractivity contribution is 0.0631. The Bertz CT molecular complexity index is 1250. The molecule has 0 unspecified atom stereocenters. The van der Waals surface area contributed by atoms with Crippen molar-refractivity contribution in [2.24, 2.45) is 0 Å². The fourth-order valence-corrected chi connectivity index (χ4v) is 3.55. The summed E-state index contributed by atoms with van der Waals surface area (Å²) >= 11 is 0. The molecular weight excluding hydrogens is 424 g/mol. The highest BCUT2D eigenvalue weighted by Gasteiger charge is 2.36. The molecule has 9 nitrogen and oxygen atoms in total. The molecule has 0 saturated heterocycles. The van der Waals surface area contributed by atoms with Gasteiger partial charge in [-0.15, -0.1) is 0 Å². The zero-order chi connectivity index (χ0) is 22.9. The van der Waals surface area contributed by atoms with Gasteiger partial charge in [-0.1, -0.05) is 0 Å². The number of hydrogen-bond acceptors (Lipinski definition) is 5. The Balaban J connectivity index is 1.25. The minimum atomic E-state index is -0.471. The SMILES string of the molecule is O=C(Nc1ccc(NC(=O)c2ccc3c(c2)C(=O)N(Cc2ccco2)C3=O)cc1)NC1CC1. The number of furan rings is 1. The second kappa shape index (κ2) is 8.27. The van der Waals surface area contributed by atoms with E-state index in [1.54, 1.807) is 36.4 Å². The van der Waals surface area contributed by atoms with Crippen molar-refractivity contribution in [2.75, 3.05) is 10.6 Å². The van der Waals surface area contributed by atoms with Crippen LogP contribution in [-0.2, 0) is 6.54 Å². The van der Waals surface area contributed by atoms with E-state index in [2.05, 4.69) is 16.0 Å². The van der Waals surface area contributed by atoms with Crippen molar-refractivity contribution in [1.82, 2.24) is 10.2 Å². The van der Waals surface area contributed by atoms with Gasteiger partial charge in [0.15, 0.2) is 0 Å². The Morgan fingerprint density at radius 2 is 1.61 bits per heavy atom. The van der Waals surface area contributed by atoms with Gasteiger partial charge in [0.25, 0.3) is 17.7 Å². The molecule has 3 aromatic rings. The van der Waals surface area contributed by atoms with E-state index in [1.807, 2.05) is 0 Å². The van der Waals surface area contributed by atoms with Crippen LogP contribution in [-0.4, -0.2) is 34.7 Å². The molecule has 166 valence electrons. The lowest BCUT2D eigenvalue weighted by atomic mass is 10.1. The lowest BCUT2D eigenvalue weighted by Crippen LogP contribution is -2.30. The van der Waals surface area contributed by atoms with Gasteiger partial charge in [0.05, 0.1) is 23.9 Å². The van der Waals surface area contributed by atoms with Gasteiger partial charge in [-0.2, -0.15) is 0 Å². The molecule has 5 amide bonds. The Hall–Kier alpha value is -4.40. The molecule has 1 saturated carbocycles. The van der Waals surface area contributed by atoms with Crippen LogP contribution in [0.4, 0.5) is 16.2 Å². The summed E-state index contributed by atoms with van der Waals surface area (Å²) in [7, 11) is 0. The number of carbonyl (C=O) groups excluding carboxylic acids is 4. The maximum Gasteiger partial charge on any atom is 0.319 e. The van der Waals surface area contributed by atoms with Crippen LogP contribution >= 0.6 is 0 Å². The maximum absolute atomic E-state index is 12.8. The summed E-state index contributed by atoms with van der Waals surface area (Å²) < 4.78 is 5.23. The molecule has 1 aliphatic carbocycles. The standard InChI is InChI=1S/C24H20N4O5/c29-21(25-15-4-6-16(7-5-15)26-24(32)27-17-8-9-17)14-3-10-19-20(12-14)23(31)28(22(19)30)13-18-2-1-11-33-18/h1-7,10-12,17H,8-9,13H2,(H,25,29)(H2,26,27,32). The summed E-state index contributed by atoms with van der Waals surface area (Å²) in [6.07, 6.45) is 3.48. The van der Waals surface area contributed by atoms with Crippen LogP contribution in [0.15, 0.2) is 65.3 Å². The minimum Gasteiger partial charge on any atom is -0.467 e. The third-order valence-electron chi connectivity index (χ3n) is 5.44. The summed E-state index contributed by atoms with van der Waals surface area (Å²) in [4.78, 5) is 51.0. The maximum atomic E-state index is 12.8. The zero-order valence-electron chi connectivity index (χ0n) is 17.5. The molecule has 2 aromatic carbocycles. The molecule has 1 aromatic heterocycles. The molecule has 1 aliphatic heterocycles. The molecule has 0 spiro atoms. The molecule has 0 radical (unpaired) electrons. The Labute approximate surface area is 188 Å². The monoisotopic (exact) mass is 444 g/mol. The van der Waals surface area contributed by atoms with Crippen molar-refractivity contribution in [3.8, 4) is 0 Å². The van der Waals surface area contributed by atoms with Gasteiger partial charge in [-0.3, -0.25) is 19.3 Å². The number of amides is 5. The number of nitrogens with one attached hydrogen (secondary N) is 3. The van der Waals surface area contributed by atoms with Gasteiger partial charge in [-0.05, 0) is 67.4 Å². The second-order valence-corrected chi connectivity index (χ2v) is 7.94. The molecule has 3 N–H and O–H groups in total. The van der Waals surface area contributed by atoms with E-state index in [-0.39, 0.29) is 35.3 Å². The fourth-order valence-electron chi connectivity index (χ4n) is 3.55. The summed E-state index contributed by atoms with van der Waals surface area (Å²) in [5.74, 6) is -0.826. The van der Waals surface area contributed by atoms with Crippen LogP contribution in [0.2, 0.25) is 0 Å². The van der Waals surface area contributed by atoms with Gasteiger partial charge in [0.2, 0.25) is 0 Å². The number of urea groups is 1. The van der Waals surface area contributed by atoms with Crippen molar-refractivity contribution in [2.45, 2.75) is 25.4 Å². The van der Waals surface area contributed by atoms with Crippen molar-refractivity contribution >= 4 is 35.1 Å². The number of hydrogen-bond donors (Lipinski definition) is 3. The summed E-state index contributed by atoms with van der Waals surface area (Å²) in [5.41, 5.74) is 1.81. The molecule has 2 aliphatic rings. The first-order chi connectivity index (χ1) is 16.0. The van der Waals surface area contributed by atoms with E-state index >= 15 is 0 Å². The zero-order valence-corrected chi connectivity index (χ0v) is 17.5. The molecule has 33 heavy (non-hydrogen) atoms. The van der Waals surface area contributed by atoms with Crippen LogP contribution in [0.5, 0.6) is 0 Å². The predicted octanol–water partition coefficient (Wildman–Crippen LogP) is 3.61. The number of benzene rings is 2. The first kappa shape index (κ1) is 20.5. The van der Waals surface area contributed by atoms with Gasteiger partial charge in [0.1, 0.15) is 5.76 Å². The molecule has 1 fully saturated rings. The van der Waals surface area contributed by atoms with E-state index < -0.39 is 17.7 Å². The van der Waals surface area contributed by atoms with E-state index in [1.165, 1.54) is 24.5 Å². The van der Waals surface area contributed by atoms with Crippen LogP contribution in [0.1, 0.15) is 49.7 Å². The number of imide groups is 1. The average Bonchev–Trinajstić information content (AvgIpc) is 3.40. The molecule has 5 rings (SSSR count). The summed E-state index contributed by atoms with van der Waals surface area (Å²) in [6, 6.07) is 14.5. The minimum absolute atomic E-state index is 0.0277. The van der Waals surface area contributed by atoms with Crippen molar-refractivity contribution in [3.63, 3.8) is 0 Å². The van der Waals surface area contributed by atoms with E-state index in [0.29, 0.717) is 17.1 Å². The van der Waals surface area contributed by atoms with E-state index in [0.717, 1.165) is 17.7 Å². The van der Waals surface area contributed by atoms with Gasteiger partial charge < -0.3 is 20.4 Å². The van der Waals surface area contributed by atoms with Gasteiger partial charge >= 0.3 is 6.03 Å². The number of rotatable bonds is 6. The van der Waals surface area contributed by atoms with Crippen molar-refractivity contribution in [1.29, 1.82) is 0 Å². The number of anilines is 2. The van der Waals surface area contributed by atoms with Gasteiger partial charge in [0, 0.05) is 23.0 Å². The largest absolute Gasteiger partial charge is 0.467 e. The number of fused-ring (bicyclic) bond motifs is 1. The average molecular weight is 444 g/mol. The van der Waals surface area contributed by atoms with Crippen molar-refractivity contribution in [3.05, 3.63) is 83.3 Å². The van der Waals surface area contributed by atoms with E-state index in [4.69, 9.17) is 4.42 Å². The third-order valence-corrected chi connectivity index (χ3v) is 5.44. The first-order valence-electron chi connectivity index (χ1n) is 10.5. The molecule has 9 heteroatoms. The smallest absolute Gasteiger partial charge is 0.319 e. The molecule has 0 bridgehead atoms. The Morgan fingerprint density at radius 3 is 2.27 bits per heavy atom. The van der Waals surface area contributed by atoms with Crippen LogP contribution in [0, 0.1) is 0 Å². The normalized spacial score (nSPS) is 14.7. The topological polar surface area (TPSA) is 121 Å². The van der Waals surface area contributed by atoms with Crippen LogP contribution in [0.25, 0.3) is 0 Å². The highest BCUT2D eigenvalue weighted by atomic mass is 16.3. The van der Waals surface area contributed by atoms with Crippen LogP contribution < -0.4 is 16.0 Å². The quantitative estimate of drug-likeness (QED) is 0.502. The number of carbonyl (C=O) groups is 4. The van der Waals surface area contributed by atoms with E-state index in [9.17, 15) is 19.2 Å². The third kappa shape index (κ3) is 4.33. The van der Waals surface area contributed by atoms with Gasteiger partial charge in [-0.25, -0.2) is 4.79 Å². The first-order valence-corrected chi connectivity index (χ1v) is 10.5. The van der Waals surface area contributed by atoms with Crippen molar-refractivity contribution < 1.29 is 23.6 Å². The lowest BCUT2D eigenvalue weighted by Gasteiger charge is -2.11. The molecule has 2 heterocycles. The predicted molar refractivity (Wildman–Crippen MR) is 119 cm³/mol. The highest BCUT2D eigenvalue weighted by Crippen LogP contribution is 2.26. The highest BCUT2D eigenvalue weighted by molar-refractivity contribution is 6.22. The summed E-state index contributed by atoms with van der Waals surface area (Å²) in [5, 5.41) is 8.33. The Morgan fingerprint density at radius 1 is 0.909 bits per heavy atom. The van der Waals surface area contributed by atoms with Crippen LogP contribution in [0.3, 0.4) is 0 Å². The molecule has 0 atom stereocenters. The second-order valence-electron chi connectivity index (χ2n) is 7.94. The Kier molecular flexibility index (Phi) is 5.14.